The van der Waals surface area contributed by atoms with E-state index in [1.54, 1.807) is 13.2 Å². The van der Waals surface area contributed by atoms with E-state index in [0.29, 0.717) is 0 Å². The zero-order valence-electron chi connectivity index (χ0n) is 7.46. The monoisotopic (exact) mass is 181 g/mol. The first-order valence-electron chi connectivity index (χ1n) is 4.31. The summed E-state index contributed by atoms with van der Waals surface area (Å²) in [6, 6.07) is 4.73. The molecule has 0 amide bonds. The van der Waals surface area contributed by atoms with Gasteiger partial charge < -0.3 is 10.5 Å². The molecule has 1 aromatic carbocycles. The smallest absolute Gasteiger partial charge is 0.123 e. The predicted molar refractivity (Wildman–Crippen MR) is 48.3 cm³/mol. The molecule has 3 heteroatoms. The van der Waals surface area contributed by atoms with Crippen LogP contribution in [0.3, 0.4) is 0 Å². The Labute approximate surface area is 76.5 Å². The Kier molecular flexibility index (Phi) is 1.96. The Balaban J connectivity index is 2.35. The summed E-state index contributed by atoms with van der Waals surface area (Å²) in [6.07, 6.45) is 0.930. The van der Waals surface area contributed by atoms with Crippen LogP contribution in [0.5, 0.6) is 5.75 Å². The van der Waals surface area contributed by atoms with Crippen LogP contribution in [0.15, 0.2) is 18.2 Å². The van der Waals surface area contributed by atoms with E-state index >= 15 is 0 Å². The zero-order valence-corrected chi connectivity index (χ0v) is 7.46. The molecule has 1 aliphatic rings. The normalized spacial score (nSPS) is 25.8. The number of hydrogen-bond donors (Lipinski definition) is 1. The van der Waals surface area contributed by atoms with Crippen molar-refractivity contribution in [1.82, 2.24) is 0 Å². The average molecular weight is 181 g/mol. The van der Waals surface area contributed by atoms with Gasteiger partial charge in [0.2, 0.25) is 0 Å². The van der Waals surface area contributed by atoms with Crippen LogP contribution >= 0.6 is 0 Å². The van der Waals surface area contributed by atoms with Gasteiger partial charge in [-0.25, -0.2) is 4.39 Å². The summed E-state index contributed by atoms with van der Waals surface area (Å²) in [5.74, 6) is 0.792. The molecule has 0 spiro atoms. The molecule has 2 N–H and O–H groups in total. The van der Waals surface area contributed by atoms with Gasteiger partial charge in [0.1, 0.15) is 11.6 Å². The second-order valence-corrected chi connectivity index (χ2v) is 3.39. The zero-order chi connectivity index (χ0) is 9.42. The highest BCUT2D eigenvalue weighted by Crippen LogP contribution is 2.43. The van der Waals surface area contributed by atoms with Crippen LogP contribution in [0, 0.1) is 5.82 Å². The summed E-state index contributed by atoms with van der Waals surface area (Å²) in [4.78, 5) is 0. The highest BCUT2D eigenvalue weighted by Gasteiger charge is 2.37. The maximum Gasteiger partial charge on any atom is 0.123 e. The molecule has 1 fully saturated rings. The van der Waals surface area contributed by atoms with Gasteiger partial charge in [0, 0.05) is 17.5 Å². The molecule has 0 saturated heterocycles. The highest BCUT2D eigenvalue weighted by molar-refractivity contribution is 5.40. The van der Waals surface area contributed by atoms with Gasteiger partial charge in [-0.2, -0.15) is 0 Å². The van der Waals surface area contributed by atoms with E-state index in [-0.39, 0.29) is 17.8 Å². The molecule has 13 heavy (non-hydrogen) atoms. The second kappa shape index (κ2) is 3.00. The van der Waals surface area contributed by atoms with Crippen molar-refractivity contribution in [2.75, 3.05) is 7.11 Å². The average Bonchev–Trinajstić information content (AvgIpc) is 2.82. The van der Waals surface area contributed by atoms with E-state index in [0.717, 1.165) is 17.7 Å². The molecule has 0 heterocycles. The van der Waals surface area contributed by atoms with Crippen LogP contribution in [0.1, 0.15) is 17.9 Å². The second-order valence-electron chi connectivity index (χ2n) is 3.39. The van der Waals surface area contributed by atoms with Crippen LogP contribution in [0.25, 0.3) is 0 Å². The van der Waals surface area contributed by atoms with Crippen LogP contribution in [0.2, 0.25) is 0 Å². The van der Waals surface area contributed by atoms with Crippen molar-refractivity contribution in [2.45, 2.75) is 18.4 Å². The molecule has 0 bridgehead atoms. The van der Waals surface area contributed by atoms with Crippen molar-refractivity contribution in [3.05, 3.63) is 29.6 Å². The molecule has 0 aromatic heterocycles. The third-order valence-corrected chi connectivity index (χ3v) is 2.43. The maximum absolute atomic E-state index is 12.9. The summed E-state index contributed by atoms with van der Waals surface area (Å²) in [7, 11) is 1.59. The highest BCUT2D eigenvalue weighted by atomic mass is 19.1. The van der Waals surface area contributed by atoms with E-state index in [4.69, 9.17) is 10.5 Å². The fourth-order valence-corrected chi connectivity index (χ4v) is 1.57. The first kappa shape index (κ1) is 8.51. The lowest BCUT2D eigenvalue weighted by Gasteiger charge is -2.06. The van der Waals surface area contributed by atoms with Crippen LogP contribution < -0.4 is 10.5 Å². The van der Waals surface area contributed by atoms with Gasteiger partial charge in [0.05, 0.1) is 7.11 Å². The third kappa shape index (κ3) is 1.52. The maximum atomic E-state index is 12.9. The van der Waals surface area contributed by atoms with E-state index in [1.807, 2.05) is 0 Å². The van der Waals surface area contributed by atoms with Gasteiger partial charge in [-0.1, -0.05) is 0 Å². The van der Waals surface area contributed by atoms with Gasteiger partial charge in [-0.3, -0.25) is 0 Å². The van der Waals surface area contributed by atoms with Gasteiger partial charge in [-0.05, 0) is 24.6 Å². The molecule has 1 aliphatic carbocycles. The lowest BCUT2D eigenvalue weighted by atomic mass is 10.1. The first-order valence-corrected chi connectivity index (χ1v) is 4.31. The van der Waals surface area contributed by atoms with Crippen molar-refractivity contribution in [2.24, 2.45) is 5.73 Å². The molecular formula is C10H12FNO. The van der Waals surface area contributed by atoms with E-state index < -0.39 is 0 Å². The minimum atomic E-state index is -0.227. The minimum Gasteiger partial charge on any atom is -0.496 e. The SMILES string of the molecule is COc1ccc(F)cc1[C@H]1C[C@H]1N. The number of ether oxygens (including phenoxy) is 1. The molecule has 1 saturated carbocycles. The molecule has 0 aliphatic heterocycles. The van der Waals surface area contributed by atoms with Crippen LogP contribution in [-0.4, -0.2) is 13.2 Å². The molecule has 0 unspecified atom stereocenters. The first-order chi connectivity index (χ1) is 6.22. The van der Waals surface area contributed by atoms with Crippen LogP contribution in [-0.2, 0) is 0 Å². The summed E-state index contributed by atoms with van der Waals surface area (Å²) in [6.45, 7) is 0. The number of methoxy groups -OCH3 is 1. The fourth-order valence-electron chi connectivity index (χ4n) is 1.57. The van der Waals surface area contributed by atoms with E-state index in [1.165, 1.54) is 12.1 Å². The summed E-state index contributed by atoms with van der Waals surface area (Å²) >= 11 is 0. The van der Waals surface area contributed by atoms with Gasteiger partial charge in [0.15, 0.2) is 0 Å². The minimum absolute atomic E-state index is 0.177. The third-order valence-electron chi connectivity index (χ3n) is 2.43. The van der Waals surface area contributed by atoms with Gasteiger partial charge in [-0.15, -0.1) is 0 Å². The number of benzene rings is 1. The van der Waals surface area contributed by atoms with Crippen LogP contribution in [0.4, 0.5) is 4.39 Å². The quantitative estimate of drug-likeness (QED) is 0.752. The number of halogens is 1. The van der Waals surface area contributed by atoms with Gasteiger partial charge in [0.25, 0.3) is 0 Å². The predicted octanol–water partition coefficient (Wildman–Crippen LogP) is 1.65. The molecule has 1 aromatic rings. The Bertz CT molecular complexity index is 327. The fraction of sp³-hybridized carbons (Fsp3) is 0.400. The molecule has 2 rings (SSSR count). The standard InChI is InChI=1S/C10H12FNO/c1-13-10-3-2-6(11)4-8(10)7-5-9(7)12/h2-4,7,9H,5,12H2,1H3/t7-,9-/m1/s1. The topological polar surface area (TPSA) is 35.2 Å². The largest absolute Gasteiger partial charge is 0.496 e. The molecule has 70 valence electrons. The van der Waals surface area contributed by atoms with Crippen molar-refractivity contribution in [1.29, 1.82) is 0 Å². The van der Waals surface area contributed by atoms with E-state index in [9.17, 15) is 4.39 Å². The Morgan fingerprint density at radius 1 is 1.54 bits per heavy atom. The van der Waals surface area contributed by atoms with Crippen molar-refractivity contribution in [3.8, 4) is 5.75 Å². The summed E-state index contributed by atoms with van der Waals surface area (Å²) in [5.41, 5.74) is 6.59. The lowest BCUT2D eigenvalue weighted by Crippen LogP contribution is -2.02. The Morgan fingerprint density at radius 3 is 2.77 bits per heavy atom. The molecule has 0 radical (unpaired) electrons. The number of rotatable bonds is 2. The molecular weight excluding hydrogens is 169 g/mol. The molecule has 2 nitrogen and oxygen atoms in total. The van der Waals surface area contributed by atoms with Crippen molar-refractivity contribution >= 4 is 0 Å². The van der Waals surface area contributed by atoms with E-state index in [2.05, 4.69) is 0 Å². The number of hydrogen-bond acceptors (Lipinski definition) is 2. The Hall–Kier alpha value is -1.09. The Morgan fingerprint density at radius 2 is 2.23 bits per heavy atom. The van der Waals surface area contributed by atoms with Gasteiger partial charge >= 0.3 is 0 Å². The number of nitrogens with two attached hydrogens (primary N) is 1. The molecule has 2 atom stereocenters. The summed E-state index contributed by atoms with van der Waals surface area (Å²) < 4.78 is 18.0. The van der Waals surface area contributed by atoms with Crippen molar-refractivity contribution < 1.29 is 9.13 Å². The van der Waals surface area contributed by atoms with Crippen molar-refractivity contribution in [3.63, 3.8) is 0 Å². The summed E-state index contributed by atoms with van der Waals surface area (Å²) in [5, 5.41) is 0. The lowest BCUT2D eigenvalue weighted by molar-refractivity contribution is 0.408.